The van der Waals surface area contributed by atoms with Gasteiger partial charge in [0.05, 0.1) is 0 Å². The van der Waals surface area contributed by atoms with Gasteiger partial charge in [0, 0.05) is 4.47 Å². The molecule has 0 spiro atoms. The minimum absolute atomic E-state index is 0.664. The van der Waals surface area contributed by atoms with Gasteiger partial charge in [0.1, 0.15) is 6.10 Å². The molecule has 1 atom stereocenters. The second-order valence-electron chi connectivity index (χ2n) is 2.35. The van der Waals surface area contributed by atoms with E-state index >= 15 is 0 Å². The van der Waals surface area contributed by atoms with Crippen LogP contribution in [0.2, 0.25) is 0 Å². The number of rotatable bonds is 1. The number of hydrogen-bond donors (Lipinski definition) is 1. The second kappa shape index (κ2) is 4.30. The van der Waals surface area contributed by atoms with Crippen LogP contribution >= 0.6 is 15.9 Å². The zero-order valence-corrected chi connectivity index (χ0v) is 8.30. The molecule has 1 rings (SSSR count). The van der Waals surface area contributed by atoms with Crippen LogP contribution in [0.15, 0.2) is 28.7 Å². The summed E-state index contributed by atoms with van der Waals surface area (Å²) in [5.74, 6) is 5.34. The zero-order chi connectivity index (χ0) is 8.97. The predicted molar refractivity (Wildman–Crippen MR) is 52.6 cm³/mol. The Labute approximate surface area is 80.6 Å². The third-order valence-electron chi connectivity index (χ3n) is 1.47. The van der Waals surface area contributed by atoms with E-state index in [4.69, 9.17) is 0 Å². The minimum atomic E-state index is -0.664. The highest BCUT2D eigenvalue weighted by Crippen LogP contribution is 2.15. The standard InChI is InChI=1S/C10H9BrO/c1-2-3-10(12)8-4-6-9(11)7-5-8/h4-7,10,12H,1H3. The van der Waals surface area contributed by atoms with E-state index in [0.717, 1.165) is 10.0 Å². The number of halogens is 1. The lowest BCUT2D eigenvalue weighted by atomic mass is 10.1. The Hall–Kier alpha value is -0.780. The lowest BCUT2D eigenvalue weighted by Gasteiger charge is -2.02. The Morgan fingerprint density at radius 2 is 1.92 bits per heavy atom. The number of aliphatic hydroxyl groups is 1. The molecule has 62 valence electrons. The van der Waals surface area contributed by atoms with Gasteiger partial charge in [0.2, 0.25) is 0 Å². The summed E-state index contributed by atoms with van der Waals surface area (Å²) in [6.45, 7) is 1.71. The van der Waals surface area contributed by atoms with Crippen molar-refractivity contribution in [2.24, 2.45) is 0 Å². The maximum absolute atomic E-state index is 9.42. The van der Waals surface area contributed by atoms with Crippen LogP contribution in [0, 0.1) is 11.8 Å². The number of aliphatic hydroxyl groups excluding tert-OH is 1. The van der Waals surface area contributed by atoms with Crippen LogP contribution in [-0.4, -0.2) is 5.11 Å². The number of benzene rings is 1. The molecule has 1 unspecified atom stereocenters. The van der Waals surface area contributed by atoms with Crippen molar-refractivity contribution in [1.82, 2.24) is 0 Å². The van der Waals surface area contributed by atoms with Gasteiger partial charge in [-0.15, -0.1) is 5.92 Å². The molecule has 1 aromatic carbocycles. The van der Waals surface area contributed by atoms with Gasteiger partial charge in [-0.05, 0) is 24.6 Å². The van der Waals surface area contributed by atoms with Crippen molar-refractivity contribution >= 4 is 15.9 Å². The fourth-order valence-corrected chi connectivity index (χ4v) is 1.13. The highest BCUT2D eigenvalue weighted by molar-refractivity contribution is 9.10. The molecule has 0 heterocycles. The van der Waals surface area contributed by atoms with Crippen molar-refractivity contribution in [2.45, 2.75) is 13.0 Å². The van der Waals surface area contributed by atoms with Crippen LogP contribution in [0.3, 0.4) is 0 Å². The Kier molecular flexibility index (Phi) is 3.33. The Bertz CT molecular complexity index is 305. The summed E-state index contributed by atoms with van der Waals surface area (Å²) in [5, 5.41) is 9.42. The molecule has 0 radical (unpaired) electrons. The van der Waals surface area contributed by atoms with Crippen molar-refractivity contribution in [1.29, 1.82) is 0 Å². The Morgan fingerprint density at radius 1 is 1.33 bits per heavy atom. The third-order valence-corrected chi connectivity index (χ3v) is 2.00. The molecule has 1 N–H and O–H groups in total. The molecule has 0 aliphatic carbocycles. The van der Waals surface area contributed by atoms with E-state index in [-0.39, 0.29) is 0 Å². The van der Waals surface area contributed by atoms with Crippen molar-refractivity contribution in [2.75, 3.05) is 0 Å². The fraction of sp³-hybridized carbons (Fsp3) is 0.200. The van der Waals surface area contributed by atoms with E-state index in [1.54, 1.807) is 6.92 Å². The predicted octanol–water partition coefficient (Wildman–Crippen LogP) is 2.51. The van der Waals surface area contributed by atoms with E-state index in [9.17, 15) is 5.11 Å². The molecule has 12 heavy (non-hydrogen) atoms. The summed E-state index contributed by atoms with van der Waals surface area (Å²) < 4.78 is 1.00. The summed E-state index contributed by atoms with van der Waals surface area (Å²) in [6, 6.07) is 7.46. The van der Waals surface area contributed by atoms with E-state index in [1.807, 2.05) is 24.3 Å². The molecule has 0 aromatic heterocycles. The molecule has 0 bridgehead atoms. The van der Waals surface area contributed by atoms with Gasteiger partial charge in [0.15, 0.2) is 0 Å². The molecular formula is C10H9BrO. The molecule has 0 amide bonds. The maximum atomic E-state index is 9.42. The quantitative estimate of drug-likeness (QED) is 0.728. The molecule has 1 aromatic rings. The van der Waals surface area contributed by atoms with Gasteiger partial charge in [0.25, 0.3) is 0 Å². The molecule has 0 saturated carbocycles. The lowest BCUT2D eigenvalue weighted by molar-refractivity contribution is 0.238. The molecule has 0 aliphatic heterocycles. The SMILES string of the molecule is CC#CC(O)c1ccc(Br)cc1. The zero-order valence-electron chi connectivity index (χ0n) is 6.71. The topological polar surface area (TPSA) is 20.2 Å². The highest BCUT2D eigenvalue weighted by Gasteiger charge is 2.01. The van der Waals surface area contributed by atoms with E-state index in [1.165, 1.54) is 0 Å². The monoisotopic (exact) mass is 224 g/mol. The first-order valence-electron chi connectivity index (χ1n) is 3.60. The molecule has 0 aliphatic rings. The van der Waals surface area contributed by atoms with Gasteiger partial charge in [-0.25, -0.2) is 0 Å². The average Bonchev–Trinajstić information content (AvgIpc) is 2.06. The van der Waals surface area contributed by atoms with Crippen LogP contribution in [0.4, 0.5) is 0 Å². The highest BCUT2D eigenvalue weighted by atomic mass is 79.9. The summed E-state index contributed by atoms with van der Waals surface area (Å²) in [4.78, 5) is 0. The van der Waals surface area contributed by atoms with Crippen molar-refractivity contribution in [3.05, 3.63) is 34.3 Å². The van der Waals surface area contributed by atoms with Crippen LogP contribution in [-0.2, 0) is 0 Å². The van der Waals surface area contributed by atoms with Crippen LogP contribution in [0.25, 0.3) is 0 Å². The lowest BCUT2D eigenvalue weighted by Crippen LogP contribution is -1.92. The Balaban J connectivity index is 2.87. The van der Waals surface area contributed by atoms with E-state index in [2.05, 4.69) is 27.8 Å². The molecule has 0 saturated heterocycles. The third kappa shape index (κ3) is 2.37. The maximum Gasteiger partial charge on any atom is 0.140 e. The largest absolute Gasteiger partial charge is 0.376 e. The summed E-state index contributed by atoms with van der Waals surface area (Å²) in [6.07, 6.45) is -0.664. The van der Waals surface area contributed by atoms with Crippen LogP contribution in [0.1, 0.15) is 18.6 Å². The average molecular weight is 225 g/mol. The molecule has 0 fully saturated rings. The van der Waals surface area contributed by atoms with E-state index < -0.39 is 6.10 Å². The summed E-state index contributed by atoms with van der Waals surface area (Å²) in [7, 11) is 0. The van der Waals surface area contributed by atoms with Gasteiger partial charge < -0.3 is 5.11 Å². The molecule has 2 heteroatoms. The normalized spacial score (nSPS) is 11.6. The summed E-state index contributed by atoms with van der Waals surface area (Å²) >= 11 is 3.32. The van der Waals surface area contributed by atoms with E-state index in [0.29, 0.717) is 0 Å². The van der Waals surface area contributed by atoms with Crippen LogP contribution < -0.4 is 0 Å². The Morgan fingerprint density at radius 3 is 2.42 bits per heavy atom. The first-order valence-corrected chi connectivity index (χ1v) is 4.39. The summed E-state index contributed by atoms with van der Waals surface area (Å²) in [5.41, 5.74) is 0.826. The van der Waals surface area contributed by atoms with Gasteiger partial charge in [-0.3, -0.25) is 0 Å². The van der Waals surface area contributed by atoms with Gasteiger partial charge in [-0.1, -0.05) is 34.0 Å². The van der Waals surface area contributed by atoms with Crippen molar-refractivity contribution < 1.29 is 5.11 Å². The molecular weight excluding hydrogens is 216 g/mol. The first-order chi connectivity index (χ1) is 5.74. The van der Waals surface area contributed by atoms with Gasteiger partial charge in [-0.2, -0.15) is 0 Å². The second-order valence-corrected chi connectivity index (χ2v) is 3.26. The van der Waals surface area contributed by atoms with Crippen molar-refractivity contribution in [3.8, 4) is 11.8 Å². The number of hydrogen-bond acceptors (Lipinski definition) is 1. The van der Waals surface area contributed by atoms with Crippen molar-refractivity contribution in [3.63, 3.8) is 0 Å². The van der Waals surface area contributed by atoms with Gasteiger partial charge >= 0.3 is 0 Å². The van der Waals surface area contributed by atoms with Crippen LogP contribution in [0.5, 0.6) is 0 Å². The fourth-order valence-electron chi connectivity index (χ4n) is 0.865. The molecule has 1 nitrogen and oxygen atoms in total. The first kappa shape index (κ1) is 9.31. The minimum Gasteiger partial charge on any atom is -0.376 e. The smallest absolute Gasteiger partial charge is 0.140 e.